The molecule has 4 heteroatoms. The molecule has 30 heavy (non-hydrogen) atoms. The topological polar surface area (TPSA) is 44.5 Å². The predicted molar refractivity (Wildman–Crippen MR) is 121 cm³/mol. The van der Waals surface area contributed by atoms with Crippen molar-refractivity contribution in [1.29, 1.82) is 0 Å². The SMILES string of the molecule is NP(OC1c2ccccc2-c2ccccc21)OC1c2ccccc2-c2ccccc21. The second-order valence-electron chi connectivity index (χ2n) is 7.61. The summed E-state index contributed by atoms with van der Waals surface area (Å²) >= 11 is 0. The lowest BCUT2D eigenvalue weighted by molar-refractivity contribution is 0.185. The third kappa shape index (κ3) is 2.75. The van der Waals surface area contributed by atoms with Gasteiger partial charge in [0.2, 0.25) is 0 Å². The van der Waals surface area contributed by atoms with Gasteiger partial charge in [0, 0.05) is 0 Å². The van der Waals surface area contributed by atoms with E-state index >= 15 is 0 Å². The van der Waals surface area contributed by atoms with E-state index in [2.05, 4.69) is 72.8 Å². The zero-order valence-corrected chi connectivity index (χ0v) is 17.1. The Morgan fingerprint density at radius 2 is 0.733 bits per heavy atom. The summed E-state index contributed by atoms with van der Waals surface area (Å²) in [4.78, 5) is 0. The smallest absolute Gasteiger partial charge is 0.254 e. The lowest BCUT2D eigenvalue weighted by atomic mass is 10.1. The minimum absolute atomic E-state index is 0.208. The fourth-order valence-corrected chi connectivity index (χ4v) is 5.60. The molecule has 2 aliphatic rings. The Kier molecular flexibility index (Phi) is 4.29. The van der Waals surface area contributed by atoms with Crippen LogP contribution in [-0.2, 0) is 9.05 Å². The van der Waals surface area contributed by atoms with Crippen LogP contribution >= 0.6 is 8.53 Å². The van der Waals surface area contributed by atoms with Crippen LogP contribution in [0, 0.1) is 0 Å². The first-order valence-electron chi connectivity index (χ1n) is 10.1. The van der Waals surface area contributed by atoms with Gasteiger partial charge >= 0.3 is 0 Å². The van der Waals surface area contributed by atoms with E-state index in [0.717, 1.165) is 22.3 Å². The summed E-state index contributed by atoms with van der Waals surface area (Å²) in [6, 6.07) is 33.4. The van der Waals surface area contributed by atoms with Crippen molar-refractivity contribution in [2.75, 3.05) is 0 Å². The fraction of sp³-hybridized carbons (Fsp3) is 0.0769. The predicted octanol–water partition coefficient (Wildman–Crippen LogP) is 6.75. The van der Waals surface area contributed by atoms with Crippen LogP contribution in [0.25, 0.3) is 22.3 Å². The van der Waals surface area contributed by atoms with Gasteiger partial charge in [0.15, 0.2) is 0 Å². The summed E-state index contributed by atoms with van der Waals surface area (Å²) in [5, 5.41) is 0. The van der Waals surface area contributed by atoms with Crippen LogP contribution in [0.1, 0.15) is 34.5 Å². The highest BCUT2D eigenvalue weighted by Crippen LogP contribution is 2.54. The summed E-state index contributed by atoms with van der Waals surface area (Å²) < 4.78 is 12.8. The minimum Gasteiger partial charge on any atom is -0.309 e. The van der Waals surface area contributed by atoms with E-state index < -0.39 is 8.53 Å². The summed E-state index contributed by atoms with van der Waals surface area (Å²) in [5.41, 5.74) is 15.9. The molecule has 0 bridgehead atoms. The van der Waals surface area contributed by atoms with Gasteiger partial charge in [0.1, 0.15) is 12.2 Å². The largest absolute Gasteiger partial charge is 0.309 e. The van der Waals surface area contributed by atoms with E-state index in [1.54, 1.807) is 0 Å². The Hall–Kier alpha value is -2.81. The molecule has 4 aromatic carbocycles. The maximum Gasteiger partial charge on any atom is 0.254 e. The highest BCUT2D eigenvalue weighted by atomic mass is 31.2. The molecule has 0 fully saturated rings. The van der Waals surface area contributed by atoms with Crippen molar-refractivity contribution in [1.82, 2.24) is 0 Å². The number of hydrogen-bond acceptors (Lipinski definition) is 3. The van der Waals surface area contributed by atoms with Crippen molar-refractivity contribution in [3.63, 3.8) is 0 Å². The lowest BCUT2D eigenvalue weighted by Gasteiger charge is -2.23. The molecule has 3 nitrogen and oxygen atoms in total. The molecule has 146 valence electrons. The van der Waals surface area contributed by atoms with Gasteiger partial charge in [-0.3, -0.25) is 5.50 Å². The first-order valence-corrected chi connectivity index (χ1v) is 11.3. The first-order chi connectivity index (χ1) is 14.8. The van der Waals surface area contributed by atoms with Gasteiger partial charge in [-0.25, -0.2) is 0 Å². The number of nitrogens with two attached hydrogens (primary N) is 1. The van der Waals surface area contributed by atoms with Gasteiger partial charge in [-0.2, -0.15) is 0 Å². The molecule has 0 saturated heterocycles. The van der Waals surface area contributed by atoms with Crippen molar-refractivity contribution in [3.05, 3.63) is 119 Å². The van der Waals surface area contributed by atoms with Gasteiger partial charge in [-0.05, 0) is 44.5 Å². The number of fused-ring (bicyclic) bond motifs is 6. The molecule has 2 aliphatic carbocycles. The second kappa shape index (κ2) is 7.16. The van der Waals surface area contributed by atoms with Gasteiger partial charge < -0.3 is 9.05 Å². The summed E-state index contributed by atoms with van der Waals surface area (Å²) in [6.07, 6.45) is -0.416. The Morgan fingerprint density at radius 1 is 0.467 bits per heavy atom. The fourth-order valence-electron chi connectivity index (χ4n) is 4.68. The molecule has 2 N–H and O–H groups in total. The third-order valence-electron chi connectivity index (χ3n) is 5.97. The molecular weight excluding hydrogens is 389 g/mol. The van der Waals surface area contributed by atoms with E-state index in [1.165, 1.54) is 22.3 Å². The van der Waals surface area contributed by atoms with Crippen molar-refractivity contribution in [2.45, 2.75) is 12.2 Å². The minimum atomic E-state index is -1.60. The quantitative estimate of drug-likeness (QED) is 0.379. The standard InChI is InChI=1S/C26H20NO2P/c27-30(28-25-21-13-5-1-9-17(21)18-10-2-6-14-22(18)25)29-26-23-15-7-3-11-19(23)20-12-4-8-16-24(20)26/h1-16,25-26H,27H2. The molecule has 0 spiro atoms. The van der Waals surface area contributed by atoms with Gasteiger partial charge in [0.05, 0.1) is 0 Å². The molecular formula is C26H20NO2P. The van der Waals surface area contributed by atoms with Crippen LogP contribution in [0.2, 0.25) is 0 Å². The van der Waals surface area contributed by atoms with Crippen LogP contribution in [0.15, 0.2) is 97.1 Å². The van der Waals surface area contributed by atoms with Gasteiger partial charge in [-0.15, -0.1) is 0 Å². The molecule has 0 heterocycles. The molecule has 0 saturated carbocycles. The molecule has 0 amide bonds. The van der Waals surface area contributed by atoms with E-state index in [1.807, 2.05) is 24.3 Å². The van der Waals surface area contributed by atoms with Crippen molar-refractivity contribution in [2.24, 2.45) is 5.50 Å². The molecule has 4 aromatic rings. The molecule has 0 atom stereocenters. The van der Waals surface area contributed by atoms with Crippen molar-refractivity contribution in [3.8, 4) is 22.3 Å². The summed E-state index contributed by atoms with van der Waals surface area (Å²) in [6.45, 7) is 0. The Bertz CT molecular complexity index is 1070. The molecule has 0 radical (unpaired) electrons. The van der Waals surface area contributed by atoms with Crippen LogP contribution in [0.5, 0.6) is 0 Å². The van der Waals surface area contributed by atoms with Gasteiger partial charge in [0.25, 0.3) is 8.53 Å². The highest BCUT2D eigenvalue weighted by molar-refractivity contribution is 7.44. The number of rotatable bonds is 4. The lowest BCUT2D eigenvalue weighted by Crippen LogP contribution is -2.08. The summed E-state index contributed by atoms with van der Waals surface area (Å²) in [7, 11) is -1.60. The Balaban J connectivity index is 1.32. The van der Waals surface area contributed by atoms with E-state index in [9.17, 15) is 0 Å². The van der Waals surface area contributed by atoms with E-state index in [4.69, 9.17) is 14.6 Å². The number of benzene rings is 4. The Morgan fingerprint density at radius 3 is 1.03 bits per heavy atom. The first kappa shape index (κ1) is 18.0. The van der Waals surface area contributed by atoms with Crippen LogP contribution in [0.4, 0.5) is 0 Å². The third-order valence-corrected chi connectivity index (χ3v) is 6.81. The van der Waals surface area contributed by atoms with E-state index in [0.29, 0.717) is 0 Å². The molecule has 0 aromatic heterocycles. The highest BCUT2D eigenvalue weighted by Gasteiger charge is 2.34. The van der Waals surface area contributed by atoms with Crippen LogP contribution < -0.4 is 5.50 Å². The van der Waals surface area contributed by atoms with Crippen molar-refractivity contribution < 1.29 is 9.05 Å². The monoisotopic (exact) mass is 409 g/mol. The number of hydrogen-bond donors (Lipinski definition) is 1. The van der Waals surface area contributed by atoms with E-state index in [-0.39, 0.29) is 12.2 Å². The van der Waals surface area contributed by atoms with Crippen LogP contribution in [0.3, 0.4) is 0 Å². The normalized spacial score (nSPS) is 14.5. The van der Waals surface area contributed by atoms with Gasteiger partial charge in [-0.1, -0.05) is 97.1 Å². The molecule has 0 unspecified atom stereocenters. The average molecular weight is 409 g/mol. The molecule has 0 aliphatic heterocycles. The maximum absolute atomic E-state index is 6.48. The second-order valence-corrected chi connectivity index (χ2v) is 8.60. The zero-order valence-electron chi connectivity index (χ0n) is 16.2. The Labute approximate surface area is 177 Å². The summed E-state index contributed by atoms with van der Waals surface area (Å²) in [5.74, 6) is 0. The zero-order chi connectivity index (χ0) is 20.1. The molecule has 6 rings (SSSR count). The van der Waals surface area contributed by atoms with Crippen molar-refractivity contribution >= 4 is 8.53 Å². The van der Waals surface area contributed by atoms with Crippen LogP contribution in [-0.4, -0.2) is 0 Å². The maximum atomic E-state index is 6.48. The average Bonchev–Trinajstić information content (AvgIpc) is 3.28.